The molecule has 4 heterocycles. The normalized spacial score (nSPS) is 15.3. The summed E-state index contributed by atoms with van der Waals surface area (Å²) in [5.41, 5.74) is 1.88. The molecule has 0 spiro atoms. The molecule has 0 bridgehead atoms. The van der Waals surface area contributed by atoms with E-state index < -0.39 is 0 Å². The van der Waals surface area contributed by atoms with E-state index >= 15 is 0 Å². The number of carbonyl (C=O) groups is 2. The van der Waals surface area contributed by atoms with Crippen LogP contribution in [0.1, 0.15) is 40.6 Å². The van der Waals surface area contributed by atoms with Gasteiger partial charge in [-0.05, 0) is 49.9 Å². The van der Waals surface area contributed by atoms with E-state index in [1.807, 2.05) is 25.1 Å². The lowest BCUT2D eigenvalue weighted by molar-refractivity contribution is 0.0862. The fourth-order valence-electron chi connectivity index (χ4n) is 4.33. The minimum atomic E-state index is -0.294. The quantitative estimate of drug-likeness (QED) is 0.530. The van der Waals surface area contributed by atoms with Gasteiger partial charge in [0.25, 0.3) is 5.91 Å². The minimum Gasteiger partial charge on any atom is -0.454 e. The molecule has 2 N–H and O–H groups in total. The van der Waals surface area contributed by atoms with Crippen molar-refractivity contribution in [3.05, 3.63) is 40.5 Å². The Morgan fingerprint density at radius 3 is 2.80 bits per heavy atom. The molecule has 5 rings (SSSR count). The van der Waals surface area contributed by atoms with Gasteiger partial charge in [-0.15, -0.1) is 11.3 Å². The van der Waals surface area contributed by atoms with Gasteiger partial charge in [-0.2, -0.15) is 0 Å². The van der Waals surface area contributed by atoms with Gasteiger partial charge in [0.1, 0.15) is 17.0 Å². The lowest BCUT2D eigenvalue weighted by Gasteiger charge is -2.31. The topological polar surface area (TPSA) is 115 Å². The molecule has 1 aromatic carbocycles. The summed E-state index contributed by atoms with van der Waals surface area (Å²) in [6.07, 6.45) is 2.59. The highest BCUT2D eigenvalue weighted by atomic mass is 32.1. The summed E-state index contributed by atoms with van der Waals surface area (Å²) < 4.78 is 15.9. The van der Waals surface area contributed by atoms with Crippen LogP contribution in [0.3, 0.4) is 0 Å². The number of rotatable bonds is 6. The Morgan fingerprint density at radius 1 is 1.20 bits per heavy atom. The number of amides is 2. The van der Waals surface area contributed by atoms with E-state index in [9.17, 15) is 9.59 Å². The molecule has 3 aromatic rings. The van der Waals surface area contributed by atoms with Gasteiger partial charge in [0.05, 0.1) is 16.9 Å². The third-order valence-electron chi connectivity index (χ3n) is 6.19. The molecule has 184 valence electrons. The monoisotopic (exact) mass is 497 g/mol. The molecule has 0 unspecified atom stereocenters. The Kier molecular flexibility index (Phi) is 6.58. The van der Waals surface area contributed by atoms with Gasteiger partial charge in [0.15, 0.2) is 11.5 Å². The molecule has 1 saturated heterocycles. The third-order valence-corrected chi connectivity index (χ3v) is 7.38. The van der Waals surface area contributed by atoms with Crippen LogP contribution in [0.25, 0.3) is 10.2 Å². The number of anilines is 1. The van der Waals surface area contributed by atoms with Gasteiger partial charge in [-0.25, -0.2) is 14.8 Å². The van der Waals surface area contributed by atoms with Crippen LogP contribution in [0.4, 0.5) is 10.6 Å². The molecule has 2 aromatic heterocycles. The van der Waals surface area contributed by atoms with Crippen LogP contribution in [0.2, 0.25) is 0 Å². The van der Waals surface area contributed by atoms with Crippen molar-refractivity contribution in [3.63, 3.8) is 0 Å². The van der Waals surface area contributed by atoms with Crippen LogP contribution in [-0.2, 0) is 11.3 Å². The molecule has 10 nitrogen and oxygen atoms in total. The summed E-state index contributed by atoms with van der Waals surface area (Å²) in [6.45, 7) is 5.98. The SMILES string of the molecule is CCOC(=O)N1CCC(NC(=O)c2sc3ncnc(NCc4ccc5c(c4)OCO5)c3c2C)CC1. The summed E-state index contributed by atoms with van der Waals surface area (Å²) >= 11 is 1.36. The van der Waals surface area contributed by atoms with Gasteiger partial charge in [0.2, 0.25) is 6.79 Å². The number of benzene rings is 1. The largest absolute Gasteiger partial charge is 0.454 e. The van der Waals surface area contributed by atoms with E-state index in [1.165, 1.54) is 17.7 Å². The number of nitrogens with zero attached hydrogens (tertiary/aromatic N) is 3. The van der Waals surface area contributed by atoms with Crippen LogP contribution in [0.15, 0.2) is 24.5 Å². The molecule has 0 saturated carbocycles. The maximum Gasteiger partial charge on any atom is 0.409 e. The van der Waals surface area contributed by atoms with Crippen LogP contribution in [0.5, 0.6) is 11.5 Å². The summed E-state index contributed by atoms with van der Waals surface area (Å²) in [4.78, 5) is 36.9. The average Bonchev–Trinajstić information content (AvgIpc) is 3.47. The predicted octanol–water partition coefficient (Wildman–Crippen LogP) is 3.69. The van der Waals surface area contributed by atoms with Crippen LogP contribution in [0, 0.1) is 6.92 Å². The Labute approximate surface area is 206 Å². The summed E-state index contributed by atoms with van der Waals surface area (Å²) in [5.74, 6) is 2.04. The van der Waals surface area contributed by atoms with Crippen molar-refractivity contribution in [2.24, 2.45) is 0 Å². The second-order valence-corrected chi connectivity index (χ2v) is 9.43. The van der Waals surface area contributed by atoms with Crippen LogP contribution in [-0.4, -0.2) is 59.4 Å². The number of hydrogen-bond acceptors (Lipinski definition) is 9. The van der Waals surface area contributed by atoms with Crippen molar-refractivity contribution in [3.8, 4) is 11.5 Å². The highest BCUT2D eigenvalue weighted by molar-refractivity contribution is 7.20. The highest BCUT2D eigenvalue weighted by Gasteiger charge is 2.26. The van der Waals surface area contributed by atoms with Gasteiger partial charge < -0.3 is 29.7 Å². The van der Waals surface area contributed by atoms with E-state index in [1.54, 1.807) is 11.8 Å². The van der Waals surface area contributed by atoms with Crippen molar-refractivity contribution in [1.82, 2.24) is 20.2 Å². The van der Waals surface area contributed by atoms with E-state index in [2.05, 4.69) is 20.6 Å². The van der Waals surface area contributed by atoms with Gasteiger partial charge >= 0.3 is 6.09 Å². The zero-order valence-corrected chi connectivity index (χ0v) is 20.4. The smallest absolute Gasteiger partial charge is 0.409 e. The zero-order valence-electron chi connectivity index (χ0n) is 19.6. The van der Waals surface area contributed by atoms with Crippen LogP contribution >= 0.6 is 11.3 Å². The number of hydrogen-bond donors (Lipinski definition) is 2. The molecule has 1 fully saturated rings. The molecule has 2 aliphatic heterocycles. The fourth-order valence-corrected chi connectivity index (χ4v) is 5.38. The second-order valence-electron chi connectivity index (χ2n) is 8.43. The molecule has 0 atom stereocenters. The molecule has 0 aliphatic carbocycles. The highest BCUT2D eigenvalue weighted by Crippen LogP contribution is 2.35. The molecular formula is C24H27N5O5S. The maximum absolute atomic E-state index is 13.1. The number of carbonyl (C=O) groups excluding carboxylic acids is 2. The Hall–Kier alpha value is -3.60. The van der Waals surface area contributed by atoms with Crippen molar-refractivity contribution in [2.45, 2.75) is 39.3 Å². The summed E-state index contributed by atoms with van der Waals surface area (Å²) in [6, 6.07) is 5.82. The van der Waals surface area contributed by atoms with E-state index in [4.69, 9.17) is 14.2 Å². The zero-order chi connectivity index (χ0) is 24.4. The number of likely N-dealkylation sites (tertiary alicyclic amines) is 1. The molecule has 11 heteroatoms. The Morgan fingerprint density at radius 2 is 2.00 bits per heavy atom. The number of piperidine rings is 1. The first kappa shape index (κ1) is 23.2. The average molecular weight is 498 g/mol. The van der Waals surface area contributed by atoms with E-state index in [-0.39, 0.29) is 24.8 Å². The van der Waals surface area contributed by atoms with Crippen molar-refractivity contribution >= 4 is 39.4 Å². The molecule has 2 amide bonds. The molecular weight excluding hydrogens is 470 g/mol. The molecule has 35 heavy (non-hydrogen) atoms. The maximum atomic E-state index is 13.1. The first-order chi connectivity index (χ1) is 17.0. The number of aromatic nitrogens is 2. The minimum absolute atomic E-state index is 0.00692. The van der Waals surface area contributed by atoms with E-state index in [0.717, 1.165) is 32.8 Å². The first-order valence-electron chi connectivity index (χ1n) is 11.6. The van der Waals surface area contributed by atoms with Crippen molar-refractivity contribution < 1.29 is 23.8 Å². The van der Waals surface area contributed by atoms with Gasteiger partial charge in [0, 0.05) is 25.7 Å². The summed E-state index contributed by atoms with van der Waals surface area (Å²) in [5, 5.41) is 7.35. The number of aryl methyl sites for hydroxylation is 1. The first-order valence-corrected chi connectivity index (χ1v) is 12.4. The number of nitrogens with one attached hydrogen (secondary N) is 2. The lowest BCUT2D eigenvalue weighted by atomic mass is 10.1. The van der Waals surface area contributed by atoms with Crippen molar-refractivity contribution in [2.75, 3.05) is 31.8 Å². The molecule has 0 radical (unpaired) electrons. The summed E-state index contributed by atoms with van der Waals surface area (Å²) in [7, 11) is 0. The molecule has 2 aliphatic rings. The second kappa shape index (κ2) is 9.95. The fraction of sp³-hybridized carbons (Fsp3) is 0.417. The van der Waals surface area contributed by atoms with Crippen LogP contribution < -0.4 is 20.1 Å². The van der Waals surface area contributed by atoms with Crippen molar-refractivity contribution in [1.29, 1.82) is 0 Å². The lowest BCUT2D eigenvalue weighted by Crippen LogP contribution is -2.46. The predicted molar refractivity (Wildman–Crippen MR) is 131 cm³/mol. The van der Waals surface area contributed by atoms with E-state index in [0.29, 0.717) is 49.8 Å². The standard InChI is InChI=1S/C24H27N5O5S/c1-3-32-24(31)29-8-6-16(7-9-29)28-22(30)20-14(2)19-21(26-12-27-23(19)35-20)25-11-15-4-5-17-18(10-15)34-13-33-17/h4-5,10,12,16H,3,6-9,11,13H2,1-2H3,(H,28,30)(H,25,26,27). The van der Waals surface area contributed by atoms with Gasteiger partial charge in [-0.1, -0.05) is 6.07 Å². The van der Waals surface area contributed by atoms with Gasteiger partial charge in [-0.3, -0.25) is 4.79 Å². The number of fused-ring (bicyclic) bond motifs is 2. The number of ether oxygens (including phenoxy) is 3. The Bertz CT molecular complexity index is 1250. The third kappa shape index (κ3) is 4.81. The Balaban J connectivity index is 1.26. The number of thiophene rings is 1.